The molecule has 1 aliphatic carbocycles. The number of rotatable bonds is 6. The number of aromatic amines is 1. The second-order valence-corrected chi connectivity index (χ2v) is 9.66. The van der Waals surface area contributed by atoms with Gasteiger partial charge >= 0.3 is 0 Å². The molecule has 3 heterocycles. The molecule has 1 aliphatic heterocycles. The molecule has 2 N–H and O–H groups in total. The summed E-state index contributed by atoms with van der Waals surface area (Å²) < 4.78 is 50.9. The average Bonchev–Trinajstić information content (AvgIpc) is 3.25. The highest BCUT2D eigenvalue weighted by Gasteiger charge is 2.37. The number of carbonyl (C=O) groups is 2. The number of nitrogens with one attached hydrogen (secondary N) is 1. The largest absolute Gasteiger partial charge is 0.461 e. The molecule has 9 nitrogen and oxygen atoms in total. The van der Waals surface area contributed by atoms with E-state index in [0.29, 0.717) is 31.4 Å². The molecular formula is C26H26F3N5O4. The predicted molar refractivity (Wildman–Crippen MR) is 131 cm³/mol. The molecule has 2 aromatic heterocycles. The molecule has 1 saturated carbocycles. The third-order valence-electron chi connectivity index (χ3n) is 6.91. The minimum Gasteiger partial charge on any atom is -0.461 e. The summed E-state index contributed by atoms with van der Waals surface area (Å²) in [7, 11) is 3.38. The zero-order valence-electron chi connectivity index (χ0n) is 20.8. The lowest BCUT2D eigenvalue weighted by atomic mass is 9.81. The fraction of sp³-hybridized carbons (Fsp3) is 0.385. The number of halogens is 3. The van der Waals surface area contributed by atoms with E-state index >= 15 is 8.78 Å². The third-order valence-corrected chi connectivity index (χ3v) is 6.91. The zero-order chi connectivity index (χ0) is 27.1. The van der Waals surface area contributed by atoms with Crippen molar-refractivity contribution in [1.29, 1.82) is 0 Å². The van der Waals surface area contributed by atoms with E-state index < -0.39 is 41.2 Å². The smallest absolute Gasteiger partial charge is 0.296 e. The number of amides is 2. The van der Waals surface area contributed by atoms with E-state index in [2.05, 4.69) is 15.0 Å². The number of aliphatic hydroxyl groups excluding tert-OH is 1. The molecule has 0 unspecified atom stereocenters. The molecule has 1 aromatic carbocycles. The number of nitrogens with zero attached hydrogens (tertiary/aromatic N) is 4. The SMILES string of the molecule is CN(C)C(=O)C1CC(Oc2nc3nc(-c4c(F)cc(C5=CCN(C(=O)CO)CC5)cc4F)c(F)cc3[nH]2)C1. The molecule has 0 radical (unpaired) electrons. The summed E-state index contributed by atoms with van der Waals surface area (Å²) in [5.74, 6) is -3.43. The molecule has 200 valence electrons. The summed E-state index contributed by atoms with van der Waals surface area (Å²) in [5, 5.41) is 8.99. The monoisotopic (exact) mass is 529 g/mol. The van der Waals surface area contributed by atoms with Crippen LogP contribution in [0.5, 0.6) is 6.01 Å². The molecule has 0 atom stereocenters. The Morgan fingerprint density at radius 2 is 1.84 bits per heavy atom. The predicted octanol–water partition coefficient (Wildman–Crippen LogP) is 2.90. The lowest BCUT2D eigenvalue weighted by Gasteiger charge is -2.34. The molecule has 2 amide bonds. The summed E-state index contributed by atoms with van der Waals surface area (Å²) in [4.78, 5) is 37.7. The molecule has 5 rings (SSSR count). The van der Waals surface area contributed by atoms with Crippen LogP contribution >= 0.6 is 0 Å². The molecule has 1 fully saturated rings. The fourth-order valence-electron chi connectivity index (χ4n) is 4.76. The second-order valence-electron chi connectivity index (χ2n) is 9.66. The number of pyridine rings is 1. The van der Waals surface area contributed by atoms with Crippen molar-refractivity contribution >= 4 is 28.6 Å². The molecular weight excluding hydrogens is 503 g/mol. The first-order valence-electron chi connectivity index (χ1n) is 12.2. The minimum atomic E-state index is -0.987. The molecule has 0 saturated heterocycles. The van der Waals surface area contributed by atoms with Gasteiger partial charge in [-0.05, 0) is 42.5 Å². The van der Waals surface area contributed by atoms with Gasteiger partial charge in [0.1, 0.15) is 30.0 Å². The lowest BCUT2D eigenvalue weighted by Crippen LogP contribution is -2.43. The van der Waals surface area contributed by atoms with Crippen LogP contribution in [0.2, 0.25) is 0 Å². The number of carbonyl (C=O) groups excluding carboxylic acids is 2. The highest BCUT2D eigenvalue weighted by molar-refractivity contribution is 5.81. The van der Waals surface area contributed by atoms with Crippen LogP contribution in [0.1, 0.15) is 24.8 Å². The number of imidazole rings is 1. The first-order valence-corrected chi connectivity index (χ1v) is 12.2. The van der Waals surface area contributed by atoms with Crippen LogP contribution in [0.3, 0.4) is 0 Å². The molecule has 0 bridgehead atoms. The Bertz CT molecular complexity index is 1430. The first kappa shape index (κ1) is 25.7. The van der Waals surface area contributed by atoms with Crippen molar-refractivity contribution in [2.45, 2.75) is 25.4 Å². The van der Waals surface area contributed by atoms with Gasteiger partial charge in [0.2, 0.25) is 11.8 Å². The van der Waals surface area contributed by atoms with E-state index in [4.69, 9.17) is 9.84 Å². The lowest BCUT2D eigenvalue weighted by molar-refractivity contribution is -0.139. The van der Waals surface area contributed by atoms with Crippen LogP contribution in [0.25, 0.3) is 28.0 Å². The number of H-pyrrole nitrogens is 1. The number of hydrogen-bond acceptors (Lipinski definition) is 6. The number of ether oxygens (including phenoxy) is 1. The highest BCUT2D eigenvalue weighted by atomic mass is 19.1. The first-order chi connectivity index (χ1) is 18.1. The van der Waals surface area contributed by atoms with Gasteiger partial charge in [0, 0.05) is 39.2 Å². The van der Waals surface area contributed by atoms with Crippen LogP contribution in [0, 0.1) is 23.4 Å². The number of hydrogen-bond donors (Lipinski definition) is 2. The molecule has 12 heteroatoms. The van der Waals surface area contributed by atoms with Crippen molar-refractivity contribution < 1.29 is 32.6 Å². The Kier molecular flexibility index (Phi) is 6.82. The average molecular weight is 530 g/mol. The van der Waals surface area contributed by atoms with Crippen molar-refractivity contribution in [3.8, 4) is 17.3 Å². The summed E-state index contributed by atoms with van der Waals surface area (Å²) >= 11 is 0. The van der Waals surface area contributed by atoms with Crippen LogP contribution < -0.4 is 4.74 Å². The van der Waals surface area contributed by atoms with E-state index in [1.165, 1.54) is 9.80 Å². The summed E-state index contributed by atoms with van der Waals surface area (Å²) in [6.45, 7) is -0.0871. The number of aromatic nitrogens is 3. The Hall–Kier alpha value is -3.93. The van der Waals surface area contributed by atoms with E-state index in [-0.39, 0.29) is 47.2 Å². The summed E-state index contributed by atoms with van der Waals surface area (Å²) in [6, 6.07) is 3.36. The van der Waals surface area contributed by atoms with Crippen molar-refractivity contribution in [3.63, 3.8) is 0 Å². The second kappa shape index (κ2) is 10.1. The summed E-state index contributed by atoms with van der Waals surface area (Å²) in [5.41, 5.74) is 0.0189. The molecule has 38 heavy (non-hydrogen) atoms. The van der Waals surface area contributed by atoms with Gasteiger partial charge in [-0.3, -0.25) is 9.59 Å². The Morgan fingerprint density at radius 3 is 2.45 bits per heavy atom. The Morgan fingerprint density at radius 1 is 1.13 bits per heavy atom. The van der Waals surface area contributed by atoms with Gasteiger partial charge in [-0.15, -0.1) is 0 Å². The minimum absolute atomic E-state index is 0.0245. The van der Waals surface area contributed by atoms with Crippen LogP contribution in [-0.4, -0.2) is 81.6 Å². The Balaban J connectivity index is 1.36. The molecule has 0 spiro atoms. The van der Waals surface area contributed by atoms with E-state index in [9.17, 15) is 14.0 Å². The van der Waals surface area contributed by atoms with Crippen molar-refractivity contribution in [2.24, 2.45) is 5.92 Å². The molecule has 2 aliphatic rings. The van der Waals surface area contributed by atoms with Gasteiger partial charge in [0.15, 0.2) is 11.5 Å². The van der Waals surface area contributed by atoms with Gasteiger partial charge in [-0.25, -0.2) is 18.2 Å². The standard InChI is InChI=1S/C26H26F3N5O4/c1-33(2)25(37)15-7-16(8-15)38-26-30-20-11-19(29)23(31-24(20)32-26)22-17(27)9-14(10-18(22)28)13-3-5-34(6-4-13)21(36)12-35/h3,9-11,15-16,35H,4-8,12H2,1-2H3,(H,30,31,32). The number of benzene rings is 1. The van der Waals surface area contributed by atoms with Crippen LogP contribution in [0.4, 0.5) is 13.2 Å². The fourth-order valence-corrected chi connectivity index (χ4v) is 4.76. The van der Waals surface area contributed by atoms with Crippen LogP contribution in [0.15, 0.2) is 24.3 Å². The van der Waals surface area contributed by atoms with Crippen molar-refractivity contribution in [2.75, 3.05) is 33.8 Å². The van der Waals surface area contributed by atoms with E-state index in [0.717, 1.165) is 18.2 Å². The molecule has 3 aromatic rings. The summed E-state index contributed by atoms with van der Waals surface area (Å²) in [6.07, 6.45) is 2.83. The topological polar surface area (TPSA) is 112 Å². The van der Waals surface area contributed by atoms with Gasteiger partial charge < -0.3 is 24.6 Å². The normalized spacial score (nSPS) is 19.2. The maximum Gasteiger partial charge on any atom is 0.296 e. The number of aliphatic hydroxyl groups is 1. The van der Waals surface area contributed by atoms with E-state index in [1.54, 1.807) is 20.2 Å². The third kappa shape index (κ3) is 4.83. The zero-order valence-corrected chi connectivity index (χ0v) is 20.8. The number of fused-ring (bicyclic) bond motifs is 1. The van der Waals surface area contributed by atoms with Gasteiger partial charge in [0.05, 0.1) is 11.1 Å². The maximum absolute atomic E-state index is 15.1. The maximum atomic E-state index is 15.1. The van der Waals surface area contributed by atoms with E-state index in [1.807, 2.05) is 0 Å². The van der Waals surface area contributed by atoms with Crippen LogP contribution in [-0.2, 0) is 9.59 Å². The van der Waals surface area contributed by atoms with Gasteiger partial charge in [-0.2, -0.15) is 4.98 Å². The quantitative estimate of drug-likeness (QED) is 0.508. The van der Waals surface area contributed by atoms with Crippen molar-refractivity contribution in [1.82, 2.24) is 24.8 Å². The highest BCUT2D eigenvalue weighted by Crippen LogP contribution is 2.35. The van der Waals surface area contributed by atoms with Gasteiger partial charge in [0.25, 0.3) is 6.01 Å². The van der Waals surface area contributed by atoms with Gasteiger partial charge in [-0.1, -0.05) is 6.08 Å². The van der Waals surface area contributed by atoms with Crippen molar-refractivity contribution in [3.05, 3.63) is 47.3 Å². The Labute approximate surface area is 215 Å².